The number of sulfonamides is 1. The van der Waals surface area contributed by atoms with Crippen molar-refractivity contribution in [3.05, 3.63) is 59.1 Å². The second kappa shape index (κ2) is 9.73. The number of carbonyl (C=O) groups excluding carboxylic acids is 1. The molecule has 0 saturated heterocycles. The van der Waals surface area contributed by atoms with E-state index < -0.39 is 10.0 Å². The van der Waals surface area contributed by atoms with Crippen LogP contribution in [0.4, 0.5) is 0 Å². The first-order chi connectivity index (χ1) is 12.8. The van der Waals surface area contributed by atoms with E-state index in [0.29, 0.717) is 29.4 Å². The third-order valence-electron chi connectivity index (χ3n) is 3.84. The van der Waals surface area contributed by atoms with E-state index in [1.807, 2.05) is 0 Å². The van der Waals surface area contributed by atoms with Gasteiger partial charge in [0, 0.05) is 32.1 Å². The van der Waals surface area contributed by atoms with Gasteiger partial charge in [0.15, 0.2) is 0 Å². The summed E-state index contributed by atoms with van der Waals surface area (Å²) in [5, 5.41) is 3.40. The molecule has 2 rings (SSSR count). The van der Waals surface area contributed by atoms with Crippen LogP contribution >= 0.6 is 11.6 Å². The van der Waals surface area contributed by atoms with Crippen molar-refractivity contribution in [2.24, 2.45) is 0 Å². The second-order valence-electron chi connectivity index (χ2n) is 6.08. The molecule has 0 aliphatic heterocycles. The lowest BCUT2D eigenvalue weighted by Crippen LogP contribution is -2.27. The van der Waals surface area contributed by atoms with E-state index >= 15 is 0 Å². The summed E-state index contributed by atoms with van der Waals surface area (Å²) in [5.74, 6) is 0.536. The molecule has 0 atom stereocenters. The molecular formula is C19H23ClN2O4S. The Hall–Kier alpha value is -2.09. The molecule has 0 bridgehead atoms. The zero-order valence-electron chi connectivity index (χ0n) is 15.3. The monoisotopic (exact) mass is 410 g/mol. The number of halogens is 1. The minimum absolute atomic E-state index is 0.153. The van der Waals surface area contributed by atoms with Crippen LogP contribution in [-0.2, 0) is 21.4 Å². The molecule has 6 nitrogen and oxygen atoms in total. The molecule has 0 aliphatic carbocycles. The van der Waals surface area contributed by atoms with E-state index in [0.717, 1.165) is 4.31 Å². The highest BCUT2D eigenvalue weighted by Gasteiger charge is 2.20. The highest BCUT2D eigenvalue weighted by atomic mass is 35.5. The van der Waals surface area contributed by atoms with Gasteiger partial charge in [-0.05, 0) is 42.3 Å². The van der Waals surface area contributed by atoms with Gasteiger partial charge >= 0.3 is 0 Å². The largest absolute Gasteiger partial charge is 0.494 e. The van der Waals surface area contributed by atoms with Gasteiger partial charge in [-0.25, -0.2) is 12.7 Å². The van der Waals surface area contributed by atoms with Crippen LogP contribution in [0.3, 0.4) is 0 Å². The molecule has 0 radical (unpaired) electrons. The Balaban J connectivity index is 1.81. The average molecular weight is 411 g/mol. The van der Waals surface area contributed by atoms with Gasteiger partial charge in [0.05, 0.1) is 11.5 Å². The summed E-state index contributed by atoms with van der Waals surface area (Å²) in [7, 11) is -0.602. The summed E-state index contributed by atoms with van der Waals surface area (Å²) in [4.78, 5) is 12.2. The Morgan fingerprint density at radius 2 is 1.78 bits per heavy atom. The van der Waals surface area contributed by atoms with E-state index in [-0.39, 0.29) is 23.8 Å². The molecule has 0 fully saturated rings. The highest BCUT2D eigenvalue weighted by molar-refractivity contribution is 7.89. The molecular weight excluding hydrogens is 388 g/mol. The van der Waals surface area contributed by atoms with Gasteiger partial charge in [0.2, 0.25) is 15.9 Å². The fraction of sp³-hybridized carbons (Fsp3) is 0.316. The van der Waals surface area contributed by atoms with Gasteiger partial charge in [-0.2, -0.15) is 0 Å². The van der Waals surface area contributed by atoms with E-state index in [1.165, 1.54) is 20.2 Å². The molecule has 0 aliphatic rings. The fourth-order valence-electron chi connectivity index (χ4n) is 2.33. The Kier molecular flexibility index (Phi) is 7.65. The Morgan fingerprint density at radius 1 is 1.11 bits per heavy atom. The molecule has 0 unspecified atom stereocenters. The summed E-state index contributed by atoms with van der Waals surface area (Å²) in [6, 6.07) is 13.7. The Labute approximate surface area is 165 Å². The average Bonchev–Trinajstić information content (AvgIpc) is 2.65. The van der Waals surface area contributed by atoms with Gasteiger partial charge in [-0.3, -0.25) is 4.79 Å². The maximum Gasteiger partial charge on any atom is 0.242 e. The lowest BCUT2D eigenvalue weighted by molar-refractivity contribution is -0.121. The van der Waals surface area contributed by atoms with Crippen molar-refractivity contribution in [2.45, 2.75) is 24.3 Å². The van der Waals surface area contributed by atoms with Gasteiger partial charge in [-0.1, -0.05) is 29.8 Å². The fourth-order valence-corrected chi connectivity index (χ4v) is 3.58. The second-order valence-corrected chi connectivity index (χ2v) is 8.63. The molecule has 1 N–H and O–H groups in total. The van der Waals surface area contributed by atoms with Crippen LogP contribution in [0.25, 0.3) is 0 Å². The predicted octanol–water partition coefficient (Wildman–Crippen LogP) is 3.07. The maximum absolute atomic E-state index is 12.4. The standard InChI is InChI=1S/C19H23ClN2O4S/c1-22(2)27(24,25)18-7-4-3-6-15(18)14-21-19(23)8-5-13-26-17-11-9-16(20)10-12-17/h3-4,6-7,9-12H,5,8,13-14H2,1-2H3,(H,21,23). The topological polar surface area (TPSA) is 75.7 Å². The van der Waals surface area contributed by atoms with Crippen LogP contribution in [0.2, 0.25) is 5.02 Å². The first-order valence-electron chi connectivity index (χ1n) is 8.46. The molecule has 27 heavy (non-hydrogen) atoms. The van der Waals surface area contributed by atoms with Gasteiger partial charge < -0.3 is 10.1 Å². The zero-order chi connectivity index (χ0) is 19.9. The summed E-state index contributed by atoms with van der Waals surface area (Å²) in [6.07, 6.45) is 0.836. The molecule has 0 aromatic heterocycles. The number of nitrogens with zero attached hydrogens (tertiary/aromatic N) is 1. The summed E-state index contributed by atoms with van der Waals surface area (Å²) >= 11 is 5.81. The third-order valence-corrected chi connectivity index (χ3v) is 6.01. The van der Waals surface area contributed by atoms with Crippen LogP contribution in [0.15, 0.2) is 53.4 Å². The maximum atomic E-state index is 12.4. The first-order valence-corrected chi connectivity index (χ1v) is 10.3. The number of hydrogen-bond donors (Lipinski definition) is 1. The van der Waals surface area contributed by atoms with Crippen LogP contribution in [-0.4, -0.2) is 39.3 Å². The SMILES string of the molecule is CN(C)S(=O)(=O)c1ccccc1CNC(=O)CCCOc1ccc(Cl)cc1. The van der Waals surface area contributed by atoms with Crippen molar-refractivity contribution >= 4 is 27.5 Å². The van der Waals surface area contributed by atoms with Crippen LogP contribution < -0.4 is 10.1 Å². The van der Waals surface area contributed by atoms with E-state index in [1.54, 1.807) is 42.5 Å². The molecule has 1 amide bonds. The molecule has 8 heteroatoms. The first kappa shape index (κ1) is 21.2. The number of amides is 1. The summed E-state index contributed by atoms with van der Waals surface area (Å²) in [5.41, 5.74) is 0.553. The lowest BCUT2D eigenvalue weighted by atomic mass is 10.2. The van der Waals surface area contributed by atoms with Crippen molar-refractivity contribution in [2.75, 3.05) is 20.7 Å². The van der Waals surface area contributed by atoms with E-state index in [9.17, 15) is 13.2 Å². The Morgan fingerprint density at radius 3 is 2.44 bits per heavy atom. The minimum atomic E-state index is -3.56. The molecule has 0 heterocycles. The van der Waals surface area contributed by atoms with Gasteiger partial charge in [0.1, 0.15) is 5.75 Å². The quantitative estimate of drug-likeness (QED) is 0.644. The van der Waals surface area contributed by atoms with Crippen LogP contribution in [0.5, 0.6) is 5.75 Å². The Bertz CT molecular complexity index is 868. The van der Waals surface area contributed by atoms with Crippen molar-refractivity contribution in [1.82, 2.24) is 9.62 Å². The summed E-state index contributed by atoms with van der Waals surface area (Å²) < 4.78 is 31.4. The number of ether oxygens (including phenoxy) is 1. The van der Waals surface area contributed by atoms with Crippen molar-refractivity contribution in [3.8, 4) is 5.75 Å². The van der Waals surface area contributed by atoms with Gasteiger partial charge in [0.25, 0.3) is 0 Å². The van der Waals surface area contributed by atoms with Crippen molar-refractivity contribution in [1.29, 1.82) is 0 Å². The minimum Gasteiger partial charge on any atom is -0.494 e. The molecule has 0 spiro atoms. The molecule has 0 saturated carbocycles. The molecule has 146 valence electrons. The highest BCUT2D eigenvalue weighted by Crippen LogP contribution is 2.18. The zero-order valence-corrected chi connectivity index (χ0v) is 16.9. The molecule has 2 aromatic rings. The normalized spacial score (nSPS) is 11.4. The van der Waals surface area contributed by atoms with Crippen molar-refractivity contribution in [3.63, 3.8) is 0 Å². The van der Waals surface area contributed by atoms with Crippen molar-refractivity contribution < 1.29 is 17.9 Å². The lowest BCUT2D eigenvalue weighted by Gasteiger charge is -2.15. The smallest absolute Gasteiger partial charge is 0.242 e. The van der Waals surface area contributed by atoms with Crippen LogP contribution in [0, 0.1) is 0 Å². The third kappa shape index (κ3) is 6.23. The predicted molar refractivity (Wildman–Crippen MR) is 105 cm³/mol. The number of benzene rings is 2. The number of rotatable bonds is 9. The number of nitrogens with one attached hydrogen (secondary N) is 1. The van der Waals surface area contributed by atoms with E-state index in [4.69, 9.17) is 16.3 Å². The molecule has 2 aromatic carbocycles. The van der Waals surface area contributed by atoms with Gasteiger partial charge in [-0.15, -0.1) is 0 Å². The number of hydrogen-bond acceptors (Lipinski definition) is 4. The number of carbonyl (C=O) groups is 1. The van der Waals surface area contributed by atoms with Crippen LogP contribution in [0.1, 0.15) is 18.4 Å². The summed E-state index contributed by atoms with van der Waals surface area (Å²) in [6.45, 7) is 0.556. The van der Waals surface area contributed by atoms with E-state index in [2.05, 4.69) is 5.32 Å².